The van der Waals surface area contributed by atoms with Crippen molar-refractivity contribution in [1.29, 1.82) is 0 Å². The predicted molar refractivity (Wildman–Crippen MR) is 141 cm³/mol. The van der Waals surface area contributed by atoms with Crippen LogP contribution in [0.5, 0.6) is 11.5 Å². The van der Waals surface area contributed by atoms with Crippen LogP contribution >= 0.6 is 0 Å². The molecule has 1 aromatic carbocycles. The molecule has 0 radical (unpaired) electrons. The molecule has 1 aromatic rings. The van der Waals surface area contributed by atoms with E-state index in [4.69, 9.17) is 9.47 Å². The first-order chi connectivity index (χ1) is 14.8. The molecule has 3 heteroatoms. The molecule has 1 rings (SSSR count). The number of carbonyl (C=O) groups excluding carboxylic acids is 1. The first-order valence-electron chi connectivity index (χ1n) is 12.5. The molecule has 0 aliphatic rings. The predicted octanol–water partition coefficient (Wildman–Crippen LogP) is 9.16. The van der Waals surface area contributed by atoms with Gasteiger partial charge in [0.15, 0.2) is 0 Å². The Morgan fingerprint density at radius 2 is 1.32 bits per heavy atom. The fourth-order valence-corrected chi connectivity index (χ4v) is 2.27. The minimum Gasteiger partial charge on any atom is -0.497 e. The number of methoxy groups -OCH3 is 2. The van der Waals surface area contributed by atoms with Crippen LogP contribution in [0, 0.1) is 11.8 Å². The minimum absolute atomic E-state index is 0.639. The smallest absolute Gasteiger partial charge is 0.125 e. The average Bonchev–Trinajstić information content (AvgIpc) is 2.81. The quantitative estimate of drug-likeness (QED) is 0.359. The number of aldehydes is 1. The Bertz CT molecular complexity index is 450. The second kappa shape index (κ2) is 30.7. The van der Waals surface area contributed by atoms with Crippen molar-refractivity contribution in [2.24, 2.45) is 11.8 Å². The third kappa shape index (κ3) is 28.5. The van der Waals surface area contributed by atoms with E-state index in [1.165, 1.54) is 37.7 Å². The van der Waals surface area contributed by atoms with E-state index in [1.807, 2.05) is 39.0 Å². The summed E-state index contributed by atoms with van der Waals surface area (Å²) in [4.78, 5) is 9.17. The molecule has 3 nitrogen and oxygen atoms in total. The molecular formula is C28H56O3. The summed E-state index contributed by atoms with van der Waals surface area (Å²) in [6, 6.07) is 5.87. The molecule has 0 atom stereocenters. The van der Waals surface area contributed by atoms with E-state index in [-0.39, 0.29) is 0 Å². The largest absolute Gasteiger partial charge is 0.497 e. The topological polar surface area (TPSA) is 35.5 Å². The maximum atomic E-state index is 9.17. The molecule has 0 fully saturated rings. The lowest BCUT2D eigenvalue weighted by molar-refractivity contribution is -0.107. The third-order valence-corrected chi connectivity index (χ3v) is 4.42. The van der Waals surface area contributed by atoms with Crippen molar-refractivity contribution < 1.29 is 14.3 Å². The zero-order chi connectivity index (χ0) is 25.1. The summed E-state index contributed by atoms with van der Waals surface area (Å²) in [5, 5.41) is 0. The number of hydrogen-bond acceptors (Lipinski definition) is 3. The zero-order valence-electron chi connectivity index (χ0n) is 23.1. The van der Waals surface area contributed by atoms with Crippen LogP contribution in [-0.4, -0.2) is 20.5 Å². The van der Waals surface area contributed by atoms with Crippen molar-refractivity contribution in [3.05, 3.63) is 23.8 Å². The van der Waals surface area contributed by atoms with Gasteiger partial charge in [-0.15, -0.1) is 0 Å². The van der Waals surface area contributed by atoms with Crippen LogP contribution in [0.4, 0.5) is 0 Å². The van der Waals surface area contributed by atoms with E-state index in [9.17, 15) is 4.79 Å². The van der Waals surface area contributed by atoms with Gasteiger partial charge in [-0.1, -0.05) is 107 Å². The van der Waals surface area contributed by atoms with Crippen LogP contribution in [-0.2, 0) is 11.2 Å². The number of benzene rings is 1. The van der Waals surface area contributed by atoms with Gasteiger partial charge in [-0.25, -0.2) is 0 Å². The summed E-state index contributed by atoms with van der Waals surface area (Å²) >= 11 is 0. The molecule has 0 bridgehead atoms. The highest BCUT2D eigenvalue weighted by molar-refractivity contribution is 5.48. The number of rotatable bonds is 9. The van der Waals surface area contributed by atoms with Crippen LogP contribution in [0.25, 0.3) is 0 Å². The summed E-state index contributed by atoms with van der Waals surface area (Å²) in [6.07, 6.45) is 9.32. The summed E-state index contributed by atoms with van der Waals surface area (Å²) in [5.74, 6) is 3.58. The van der Waals surface area contributed by atoms with Gasteiger partial charge in [0.1, 0.15) is 17.8 Å². The van der Waals surface area contributed by atoms with Crippen LogP contribution < -0.4 is 9.47 Å². The van der Waals surface area contributed by atoms with Gasteiger partial charge < -0.3 is 14.3 Å². The average molecular weight is 441 g/mol. The van der Waals surface area contributed by atoms with Gasteiger partial charge in [-0.05, 0) is 29.9 Å². The van der Waals surface area contributed by atoms with E-state index < -0.39 is 0 Å². The lowest BCUT2D eigenvalue weighted by Crippen LogP contribution is -1.91. The minimum atomic E-state index is 0.639. The molecule has 0 saturated carbocycles. The van der Waals surface area contributed by atoms with E-state index >= 15 is 0 Å². The summed E-state index contributed by atoms with van der Waals surface area (Å²) < 4.78 is 10.3. The van der Waals surface area contributed by atoms with Crippen LogP contribution in [0.2, 0.25) is 0 Å². The Morgan fingerprint density at radius 1 is 0.871 bits per heavy atom. The molecule has 0 amide bonds. The maximum Gasteiger partial charge on any atom is 0.125 e. The molecule has 186 valence electrons. The van der Waals surface area contributed by atoms with Gasteiger partial charge in [0, 0.05) is 12.5 Å². The number of aryl methyl sites for hydroxylation is 1. The van der Waals surface area contributed by atoms with Crippen molar-refractivity contribution in [3.8, 4) is 11.5 Å². The van der Waals surface area contributed by atoms with Crippen molar-refractivity contribution in [2.75, 3.05) is 14.2 Å². The number of hydrogen-bond donors (Lipinski definition) is 0. The van der Waals surface area contributed by atoms with Gasteiger partial charge in [0.2, 0.25) is 0 Å². The summed E-state index contributed by atoms with van der Waals surface area (Å²) in [5.41, 5.74) is 1.21. The second-order valence-electron chi connectivity index (χ2n) is 7.59. The molecule has 0 N–H and O–H groups in total. The van der Waals surface area contributed by atoms with E-state index in [0.717, 1.165) is 36.0 Å². The Labute approximate surface area is 196 Å². The molecule has 0 unspecified atom stereocenters. The highest BCUT2D eigenvalue weighted by atomic mass is 16.5. The van der Waals surface area contributed by atoms with Gasteiger partial charge >= 0.3 is 0 Å². The zero-order valence-corrected chi connectivity index (χ0v) is 23.1. The molecule has 0 heterocycles. The first kappa shape index (κ1) is 36.8. The summed E-state index contributed by atoms with van der Waals surface area (Å²) in [6.45, 7) is 21.4. The van der Waals surface area contributed by atoms with Crippen molar-refractivity contribution in [2.45, 2.75) is 114 Å². The fourth-order valence-electron chi connectivity index (χ4n) is 2.27. The lowest BCUT2D eigenvalue weighted by atomic mass is 10.0. The van der Waals surface area contributed by atoms with Crippen molar-refractivity contribution >= 4 is 6.29 Å². The highest BCUT2D eigenvalue weighted by Crippen LogP contribution is 2.24. The van der Waals surface area contributed by atoms with Crippen LogP contribution in [0.1, 0.15) is 113 Å². The third-order valence-electron chi connectivity index (χ3n) is 4.42. The molecule has 0 aliphatic heterocycles. The van der Waals surface area contributed by atoms with Crippen molar-refractivity contribution in [3.63, 3.8) is 0 Å². The van der Waals surface area contributed by atoms with Gasteiger partial charge in [0.25, 0.3) is 0 Å². The first-order valence-corrected chi connectivity index (χ1v) is 12.5. The monoisotopic (exact) mass is 440 g/mol. The molecule has 31 heavy (non-hydrogen) atoms. The summed E-state index contributed by atoms with van der Waals surface area (Å²) in [7, 11) is 3.33. The number of carbonyl (C=O) groups is 1. The van der Waals surface area contributed by atoms with E-state index in [2.05, 4.69) is 48.5 Å². The Balaban J connectivity index is -0.000000167. The van der Waals surface area contributed by atoms with Gasteiger partial charge in [-0.3, -0.25) is 0 Å². The normalized spacial score (nSPS) is 8.97. The molecule has 0 aromatic heterocycles. The second-order valence-corrected chi connectivity index (χ2v) is 7.59. The number of ether oxygens (including phenoxy) is 2. The van der Waals surface area contributed by atoms with Gasteiger partial charge in [0.05, 0.1) is 14.2 Å². The van der Waals surface area contributed by atoms with Crippen molar-refractivity contribution in [1.82, 2.24) is 0 Å². The molecular weight excluding hydrogens is 384 g/mol. The Hall–Kier alpha value is -1.51. The SMILES string of the molecule is CC.CCC(C)C.CCC=O.CCCC(C)CCC.CCc1ccc(OC)cc1OC. The van der Waals surface area contributed by atoms with E-state index in [0.29, 0.717) is 6.42 Å². The standard InChI is InChI=1S/C10H14O2.C8H18.C5H12.C3H6O.C2H6/c1-4-8-5-6-9(11-2)7-10(8)12-3;1-4-6-8(3)7-5-2;1-4-5(2)3;1-2-3-4;1-2/h5-7H,4H2,1-3H3;8H,4-7H2,1-3H3;5H,4H2,1-3H3;3H,2H2,1H3;1-2H3. The van der Waals surface area contributed by atoms with Crippen LogP contribution in [0.15, 0.2) is 18.2 Å². The molecule has 0 saturated heterocycles. The Kier molecular flexibility index (Phi) is 36.5. The van der Waals surface area contributed by atoms with Crippen LogP contribution in [0.3, 0.4) is 0 Å². The maximum absolute atomic E-state index is 9.17. The van der Waals surface area contributed by atoms with E-state index in [1.54, 1.807) is 14.2 Å². The fraction of sp³-hybridized carbons (Fsp3) is 0.750. The highest BCUT2D eigenvalue weighted by Gasteiger charge is 2.01. The molecule has 0 spiro atoms. The Morgan fingerprint density at radius 3 is 1.58 bits per heavy atom. The molecule has 0 aliphatic carbocycles. The lowest BCUT2D eigenvalue weighted by Gasteiger charge is -2.07. The van der Waals surface area contributed by atoms with Gasteiger partial charge in [-0.2, -0.15) is 0 Å².